The molecule has 11 heavy (non-hydrogen) atoms. The standard InChI is InChI=1S/C8H15N3/c1-2-3-4-5-6-7-8-10-11-9/h7-8H,2-6H2,1H3/b8-7-. The molecule has 0 unspecified atom stereocenters. The molecular formula is C8H15N3. The smallest absolute Gasteiger partial charge is 0.00474 e. The number of allylic oxidation sites excluding steroid dienone is 1. The minimum Gasteiger partial charge on any atom is -0.0823 e. The Bertz CT molecular complexity index is 145. The molecule has 0 aromatic rings. The van der Waals surface area contributed by atoms with Crippen LogP contribution in [0.25, 0.3) is 10.4 Å². The van der Waals surface area contributed by atoms with Gasteiger partial charge in [-0.15, -0.1) is 0 Å². The minimum absolute atomic E-state index is 1.03. The van der Waals surface area contributed by atoms with Gasteiger partial charge in [-0.1, -0.05) is 37.4 Å². The Morgan fingerprint density at radius 1 is 1.36 bits per heavy atom. The number of hydrogen-bond acceptors (Lipinski definition) is 1. The molecule has 0 aliphatic rings. The first-order chi connectivity index (χ1) is 5.41. The lowest BCUT2D eigenvalue weighted by atomic mass is 10.1. The van der Waals surface area contributed by atoms with Crippen molar-refractivity contribution in [1.29, 1.82) is 0 Å². The maximum absolute atomic E-state index is 7.91. The van der Waals surface area contributed by atoms with Gasteiger partial charge >= 0.3 is 0 Å². The molecule has 3 nitrogen and oxygen atoms in total. The molecule has 0 fully saturated rings. The van der Waals surface area contributed by atoms with Gasteiger partial charge in [0.05, 0.1) is 0 Å². The number of hydrogen-bond donors (Lipinski definition) is 0. The van der Waals surface area contributed by atoms with Crippen LogP contribution in [-0.4, -0.2) is 0 Å². The van der Waals surface area contributed by atoms with Gasteiger partial charge in [-0.25, -0.2) is 0 Å². The molecule has 0 radical (unpaired) electrons. The van der Waals surface area contributed by atoms with Crippen molar-refractivity contribution in [1.82, 2.24) is 0 Å². The van der Waals surface area contributed by atoms with Crippen LogP contribution in [0, 0.1) is 0 Å². The van der Waals surface area contributed by atoms with Crippen LogP contribution >= 0.6 is 0 Å². The van der Waals surface area contributed by atoms with Crippen LogP contribution in [0.4, 0.5) is 0 Å². The molecule has 0 aliphatic carbocycles. The first-order valence-corrected chi connectivity index (χ1v) is 4.11. The lowest BCUT2D eigenvalue weighted by Gasteiger charge is -1.92. The Hall–Kier alpha value is -0.950. The van der Waals surface area contributed by atoms with Crippen molar-refractivity contribution in [2.75, 3.05) is 0 Å². The molecule has 0 bridgehead atoms. The molecule has 0 saturated heterocycles. The zero-order chi connectivity index (χ0) is 8.36. The topological polar surface area (TPSA) is 48.8 Å². The first kappa shape index (κ1) is 10.0. The van der Waals surface area contributed by atoms with Gasteiger partial charge in [0.2, 0.25) is 0 Å². The van der Waals surface area contributed by atoms with E-state index in [-0.39, 0.29) is 0 Å². The number of azide groups is 1. The Labute approximate surface area is 67.7 Å². The van der Waals surface area contributed by atoms with E-state index in [2.05, 4.69) is 16.9 Å². The van der Waals surface area contributed by atoms with E-state index in [1.54, 1.807) is 0 Å². The second-order valence-corrected chi connectivity index (χ2v) is 2.44. The normalized spacial score (nSPS) is 9.91. The molecule has 0 aliphatic heterocycles. The van der Waals surface area contributed by atoms with E-state index in [9.17, 15) is 0 Å². The third kappa shape index (κ3) is 9.05. The van der Waals surface area contributed by atoms with Crippen molar-refractivity contribution in [3.8, 4) is 0 Å². The van der Waals surface area contributed by atoms with Crippen molar-refractivity contribution in [2.45, 2.75) is 39.0 Å². The molecular weight excluding hydrogens is 138 g/mol. The second-order valence-electron chi connectivity index (χ2n) is 2.44. The maximum atomic E-state index is 7.91. The molecule has 0 saturated carbocycles. The van der Waals surface area contributed by atoms with Gasteiger partial charge in [0.25, 0.3) is 0 Å². The predicted molar refractivity (Wildman–Crippen MR) is 47.0 cm³/mol. The number of unbranched alkanes of at least 4 members (excludes halogenated alkanes) is 4. The van der Waals surface area contributed by atoms with Crippen molar-refractivity contribution >= 4 is 0 Å². The van der Waals surface area contributed by atoms with E-state index >= 15 is 0 Å². The fourth-order valence-corrected chi connectivity index (χ4v) is 0.840. The van der Waals surface area contributed by atoms with Gasteiger partial charge in [-0.3, -0.25) is 0 Å². The number of nitrogens with zero attached hydrogens (tertiary/aromatic N) is 3. The Morgan fingerprint density at radius 2 is 2.18 bits per heavy atom. The third-order valence-corrected chi connectivity index (χ3v) is 1.45. The second kappa shape index (κ2) is 9.05. The van der Waals surface area contributed by atoms with Crippen LogP contribution in [0.5, 0.6) is 0 Å². The van der Waals surface area contributed by atoms with Gasteiger partial charge in [0.1, 0.15) is 0 Å². The number of rotatable bonds is 6. The van der Waals surface area contributed by atoms with Crippen molar-refractivity contribution in [3.63, 3.8) is 0 Å². The molecule has 0 rings (SSSR count). The lowest BCUT2D eigenvalue weighted by molar-refractivity contribution is 0.674. The summed E-state index contributed by atoms with van der Waals surface area (Å²) in [5.41, 5.74) is 7.91. The van der Waals surface area contributed by atoms with Crippen LogP contribution in [0.2, 0.25) is 0 Å². The molecule has 62 valence electrons. The molecule has 0 heterocycles. The summed E-state index contributed by atoms with van der Waals surface area (Å²) in [6, 6.07) is 0. The van der Waals surface area contributed by atoms with E-state index in [1.165, 1.54) is 31.9 Å². The van der Waals surface area contributed by atoms with Crippen LogP contribution < -0.4 is 0 Å². The highest BCUT2D eigenvalue weighted by Crippen LogP contribution is 2.02. The lowest BCUT2D eigenvalue weighted by Crippen LogP contribution is -1.72. The van der Waals surface area contributed by atoms with Gasteiger partial charge in [-0.05, 0) is 24.6 Å². The summed E-state index contributed by atoms with van der Waals surface area (Å²) >= 11 is 0. The maximum Gasteiger partial charge on any atom is 0.00474 e. The average Bonchev–Trinajstić information content (AvgIpc) is 2.03. The van der Waals surface area contributed by atoms with Crippen LogP contribution in [-0.2, 0) is 0 Å². The highest BCUT2D eigenvalue weighted by atomic mass is 15.1. The molecule has 0 amide bonds. The van der Waals surface area contributed by atoms with Gasteiger partial charge < -0.3 is 0 Å². The summed E-state index contributed by atoms with van der Waals surface area (Å²) in [7, 11) is 0. The quantitative estimate of drug-likeness (QED) is 0.241. The average molecular weight is 153 g/mol. The minimum atomic E-state index is 1.03. The summed E-state index contributed by atoms with van der Waals surface area (Å²) in [6.45, 7) is 2.19. The third-order valence-electron chi connectivity index (χ3n) is 1.45. The van der Waals surface area contributed by atoms with Crippen molar-refractivity contribution in [2.24, 2.45) is 5.11 Å². The highest BCUT2D eigenvalue weighted by molar-refractivity contribution is 4.79. The van der Waals surface area contributed by atoms with Gasteiger partial charge in [0, 0.05) is 4.91 Å². The van der Waals surface area contributed by atoms with Crippen molar-refractivity contribution in [3.05, 3.63) is 22.7 Å². The summed E-state index contributed by atoms with van der Waals surface area (Å²) in [4.78, 5) is 2.61. The molecule has 0 aromatic heterocycles. The SMILES string of the molecule is CCCCCC/C=C\N=[N+]=[N-]. The van der Waals surface area contributed by atoms with Crippen LogP contribution in [0.1, 0.15) is 39.0 Å². The van der Waals surface area contributed by atoms with Gasteiger partial charge in [0.15, 0.2) is 0 Å². The Morgan fingerprint density at radius 3 is 2.82 bits per heavy atom. The molecule has 0 spiro atoms. The van der Waals surface area contributed by atoms with Crippen LogP contribution in [0.3, 0.4) is 0 Å². The highest BCUT2D eigenvalue weighted by Gasteiger charge is 1.82. The summed E-state index contributed by atoms with van der Waals surface area (Å²) < 4.78 is 0. The molecule has 0 N–H and O–H groups in total. The Kier molecular flexibility index (Phi) is 8.27. The van der Waals surface area contributed by atoms with E-state index in [0.29, 0.717) is 0 Å². The predicted octanol–water partition coefficient (Wildman–Crippen LogP) is 3.78. The van der Waals surface area contributed by atoms with Gasteiger partial charge in [-0.2, -0.15) is 0 Å². The van der Waals surface area contributed by atoms with Crippen molar-refractivity contribution < 1.29 is 0 Å². The molecule has 3 heteroatoms. The fraction of sp³-hybridized carbons (Fsp3) is 0.750. The van der Waals surface area contributed by atoms with E-state index in [0.717, 1.165) is 6.42 Å². The monoisotopic (exact) mass is 153 g/mol. The zero-order valence-corrected chi connectivity index (χ0v) is 7.03. The zero-order valence-electron chi connectivity index (χ0n) is 7.03. The summed E-state index contributed by atoms with van der Waals surface area (Å²) in [6.07, 6.45) is 9.50. The fourth-order valence-electron chi connectivity index (χ4n) is 0.840. The molecule has 0 aromatic carbocycles. The largest absolute Gasteiger partial charge is 0.0823 e. The van der Waals surface area contributed by atoms with E-state index in [1.807, 2.05) is 6.08 Å². The van der Waals surface area contributed by atoms with E-state index < -0.39 is 0 Å². The summed E-state index contributed by atoms with van der Waals surface area (Å²) in [5, 5.41) is 3.29. The molecule has 0 atom stereocenters. The first-order valence-electron chi connectivity index (χ1n) is 4.11. The van der Waals surface area contributed by atoms with Crippen LogP contribution in [0.15, 0.2) is 17.4 Å². The van der Waals surface area contributed by atoms with E-state index in [4.69, 9.17) is 5.53 Å². The Balaban J connectivity index is 3.07. The summed E-state index contributed by atoms with van der Waals surface area (Å²) in [5.74, 6) is 0.